The summed E-state index contributed by atoms with van der Waals surface area (Å²) in [6.45, 7) is 4.30. The van der Waals surface area contributed by atoms with Gasteiger partial charge in [-0.3, -0.25) is 0 Å². The van der Waals surface area contributed by atoms with Crippen LogP contribution in [0.25, 0.3) is 0 Å². The van der Waals surface area contributed by atoms with Gasteiger partial charge in [0.25, 0.3) is 0 Å². The molecule has 1 nitrogen and oxygen atoms in total. The summed E-state index contributed by atoms with van der Waals surface area (Å²) in [5.74, 6) is 0.494. The monoisotopic (exact) mass is 218 g/mol. The molecule has 1 aromatic carbocycles. The number of aryl methyl sites for hydroxylation is 1. The first-order valence-electron chi connectivity index (χ1n) is 6.42. The summed E-state index contributed by atoms with van der Waals surface area (Å²) >= 11 is 0. The van der Waals surface area contributed by atoms with E-state index in [-0.39, 0.29) is 0 Å². The molecule has 2 unspecified atom stereocenters. The van der Waals surface area contributed by atoms with Gasteiger partial charge in [0, 0.05) is 6.42 Å². The lowest BCUT2D eigenvalue weighted by Gasteiger charge is -2.29. The van der Waals surface area contributed by atoms with E-state index in [1.165, 1.54) is 24.0 Å². The van der Waals surface area contributed by atoms with Gasteiger partial charge in [-0.25, -0.2) is 0 Å². The maximum Gasteiger partial charge on any atom is 0.0715 e. The van der Waals surface area contributed by atoms with E-state index in [1.807, 2.05) is 0 Å². The lowest BCUT2D eigenvalue weighted by Crippen LogP contribution is -2.35. The van der Waals surface area contributed by atoms with Crippen LogP contribution in [0.1, 0.15) is 43.7 Å². The molecule has 0 spiro atoms. The highest BCUT2D eigenvalue weighted by atomic mass is 16.3. The summed E-state index contributed by atoms with van der Waals surface area (Å²) < 4.78 is 0. The largest absolute Gasteiger partial charge is 0.389 e. The van der Waals surface area contributed by atoms with Crippen molar-refractivity contribution in [1.29, 1.82) is 0 Å². The van der Waals surface area contributed by atoms with Crippen LogP contribution in [0.2, 0.25) is 0 Å². The topological polar surface area (TPSA) is 20.2 Å². The maximum atomic E-state index is 10.7. The number of hydrogen-bond acceptors (Lipinski definition) is 1. The van der Waals surface area contributed by atoms with Gasteiger partial charge in [-0.1, -0.05) is 49.6 Å². The predicted octanol–water partition coefficient (Wildman–Crippen LogP) is 3.48. The van der Waals surface area contributed by atoms with Crippen molar-refractivity contribution in [3.63, 3.8) is 0 Å². The van der Waals surface area contributed by atoms with E-state index in [0.29, 0.717) is 5.92 Å². The third kappa shape index (κ3) is 2.30. The highest BCUT2D eigenvalue weighted by molar-refractivity contribution is 5.24. The molecule has 1 aliphatic rings. The van der Waals surface area contributed by atoms with E-state index >= 15 is 0 Å². The van der Waals surface area contributed by atoms with Crippen molar-refractivity contribution in [2.24, 2.45) is 5.92 Å². The number of aliphatic hydroxyl groups is 1. The van der Waals surface area contributed by atoms with Crippen LogP contribution in [0.3, 0.4) is 0 Å². The van der Waals surface area contributed by atoms with Gasteiger partial charge in [-0.2, -0.15) is 0 Å². The summed E-state index contributed by atoms with van der Waals surface area (Å²) in [7, 11) is 0. The first kappa shape index (κ1) is 11.7. The Kier molecular flexibility index (Phi) is 3.34. The molecule has 1 fully saturated rings. The Bertz CT molecular complexity index is 358. The molecular weight excluding hydrogens is 196 g/mol. The fraction of sp³-hybridized carbons (Fsp3) is 0.600. The van der Waals surface area contributed by atoms with Gasteiger partial charge in [0.05, 0.1) is 5.60 Å². The van der Waals surface area contributed by atoms with Crippen LogP contribution >= 0.6 is 0 Å². The summed E-state index contributed by atoms with van der Waals surface area (Å²) in [6.07, 6.45) is 5.27. The molecule has 1 heteroatoms. The zero-order valence-electron chi connectivity index (χ0n) is 10.4. The summed E-state index contributed by atoms with van der Waals surface area (Å²) in [5, 5.41) is 10.7. The van der Waals surface area contributed by atoms with Crippen LogP contribution < -0.4 is 0 Å². The molecule has 1 N–H and O–H groups in total. The lowest BCUT2D eigenvalue weighted by molar-refractivity contribution is 0.00147. The lowest BCUT2D eigenvalue weighted by atomic mass is 9.83. The molecule has 1 aromatic rings. The number of benzene rings is 1. The van der Waals surface area contributed by atoms with Crippen molar-refractivity contribution in [3.8, 4) is 0 Å². The average molecular weight is 218 g/mol. The van der Waals surface area contributed by atoms with E-state index in [2.05, 4.69) is 38.1 Å². The van der Waals surface area contributed by atoms with Gasteiger partial charge >= 0.3 is 0 Å². The third-order valence-electron chi connectivity index (χ3n) is 4.01. The highest BCUT2D eigenvalue weighted by Crippen LogP contribution is 2.40. The maximum absolute atomic E-state index is 10.7. The average Bonchev–Trinajstić information content (AvgIpc) is 2.59. The molecule has 0 heterocycles. The Labute approximate surface area is 98.5 Å². The second-order valence-corrected chi connectivity index (χ2v) is 5.27. The van der Waals surface area contributed by atoms with Gasteiger partial charge in [0.15, 0.2) is 0 Å². The molecular formula is C15H22O. The molecule has 2 atom stereocenters. The van der Waals surface area contributed by atoms with Crippen LogP contribution in [0.5, 0.6) is 0 Å². The van der Waals surface area contributed by atoms with E-state index in [4.69, 9.17) is 0 Å². The summed E-state index contributed by atoms with van der Waals surface area (Å²) in [6, 6.07) is 8.53. The Morgan fingerprint density at radius 3 is 2.94 bits per heavy atom. The van der Waals surface area contributed by atoms with Crippen LogP contribution in [0.15, 0.2) is 24.3 Å². The smallest absolute Gasteiger partial charge is 0.0715 e. The van der Waals surface area contributed by atoms with Crippen molar-refractivity contribution < 1.29 is 5.11 Å². The Morgan fingerprint density at radius 2 is 2.25 bits per heavy atom. The molecule has 0 saturated heterocycles. The minimum Gasteiger partial charge on any atom is -0.389 e. The number of rotatable bonds is 3. The molecule has 0 aliphatic heterocycles. The van der Waals surface area contributed by atoms with Gasteiger partial charge in [-0.15, -0.1) is 0 Å². The second kappa shape index (κ2) is 4.58. The van der Waals surface area contributed by atoms with Gasteiger partial charge in [0.2, 0.25) is 0 Å². The molecule has 88 valence electrons. The molecule has 0 bridgehead atoms. The zero-order chi connectivity index (χ0) is 11.6. The van der Waals surface area contributed by atoms with Crippen LogP contribution in [0.4, 0.5) is 0 Å². The molecule has 16 heavy (non-hydrogen) atoms. The molecule has 2 rings (SSSR count). The molecule has 1 saturated carbocycles. The third-order valence-corrected chi connectivity index (χ3v) is 4.01. The van der Waals surface area contributed by atoms with E-state index in [0.717, 1.165) is 19.3 Å². The Balaban J connectivity index is 2.14. The van der Waals surface area contributed by atoms with Gasteiger partial charge < -0.3 is 5.11 Å². The fourth-order valence-electron chi connectivity index (χ4n) is 3.12. The first-order valence-corrected chi connectivity index (χ1v) is 6.42. The second-order valence-electron chi connectivity index (χ2n) is 5.27. The molecule has 0 aromatic heterocycles. The summed E-state index contributed by atoms with van der Waals surface area (Å²) in [4.78, 5) is 0. The van der Waals surface area contributed by atoms with Crippen molar-refractivity contribution in [1.82, 2.24) is 0 Å². The van der Waals surface area contributed by atoms with E-state index < -0.39 is 5.60 Å². The number of hydrogen-bond donors (Lipinski definition) is 1. The molecule has 1 aliphatic carbocycles. The standard InChI is InChI=1S/C15H22O/c1-3-14-8-5-9-15(14,16)11-13-7-4-6-12(2)10-13/h4,6-7,10,14,16H,3,5,8-9,11H2,1-2H3. The van der Waals surface area contributed by atoms with Gasteiger partial charge in [-0.05, 0) is 31.2 Å². The van der Waals surface area contributed by atoms with E-state index in [9.17, 15) is 5.11 Å². The fourth-order valence-corrected chi connectivity index (χ4v) is 3.12. The SMILES string of the molecule is CCC1CCCC1(O)Cc1cccc(C)c1. The van der Waals surface area contributed by atoms with Crippen LogP contribution in [-0.4, -0.2) is 10.7 Å². The van der Waals surface area contributed by atoms with Crippen molar-refractivity contribution in [3.05, 3.63) is 35.4 Å². The summed E-state index contributed by atoms with van der Waals surface area (Å²) in [5.41, 5.74) is 2.12. The minimum atomic E-state index is -0.442. The quantitative estimate of drug-likeness (QED) is 0.823. The van der Waals surface area contributed by atoms with Crippen molar-refractivity contribution in [2.75, 3.05) is 0 Å². The highest BCUT2D eigenvalue weighted by Gasteiger charge is 2.39. The Morgan fingerprint density at radius 1 is 1.44 bits per heavy atom. The van der Waals surface area contributed by atoms with Crippen LogP contribution in [-0.2, 0) is 6.42 Å². The Hall–Kier alpha value is -0.820. The van der Waals surface area contributed by atoms with Crippen molar-refractivity contribution >= 4 is 0 Å². The zero-order valence-corrected chi connectivity index (χ0v) is 10.4. The van der Waals surface area contributed by atoms with Crippen molar-refractivity contribution in [2.45, 2.75) is 51.6 Å². The first-order chi connectivity index (χ1) is 7.64. The molecule has 0 radical (unpaired) electrons. The normalized spacial score (nSPS) is 29.6. The van der Waals surface area contributed by atoms with Crippen LogP contribution in [0, 0.1) is 12.8 Å². The predicted molar refractivity (Wildman–Crippen MR) is 67.5 cm³/mol. The minimum absolute atomic E-state index is 0.442. The van der Waals surface area contributed by atoms with E-state index in [1.54, 1.807) is 0 Å². The van der Waals surface area contributed by atoms with Gasteiger partial charge in [0.1, 0.15) is 0 Å². The molecule has 0 amide bonds.